The summed E-state index contributed by atoms with van der Waals surface area (Å²) < 4.78 is 12.4. The molecular formula is C25H31N3O4. The van der Waals surface area contributed by atoms with E-state index in [-0.39, 0.29) is 17.4 Å². The minimum atomic E-state index is -0.470. The van der Waals surface area contributed by atoms with Crippen molar-refractivity contribution in [2.75, 3.05) is 27.4 Å². The van der Waals surface area contributed by atoms with Crippen LogP contribution >= 0.6 is 0 Å². The molecule has 32 heavy (non-hydrogen) atoms. The molecule has 3 rings (SSSR count). The van der Waals surface area contributed by atoms with Crippen LogP contribution in [0.25, 0.3) is 16.6 Å². The Bertz CT molecular complexity index is 1170. The van der Waals surface area contributed by atoms with Gasteiger partial charge in [0.2, 0.25) is 5.91 Å². The minimum absolute atomic E-state index is 0.0280. The Hall–Kier alpha value is -3.19. The number of amides is 1. The van der Waals surface area contributed by atoms with Crippen LogP contribution in [0.5, 0.6) is 5.75 Å². The zero-order valence-electron chi connectivity index (χ0n) is 19.6. The fourth-order valence-electron chi connectivity index (χ4n) is 3.79. The third kappa shape index (κ3) is 4.53. The lowest BCUT2D eigenvalue weighted by Gasteiger charge is -2.32. The maximum Gasteiger partial charge on any atom is 0.266 e. The van der Waals surface area contributed by atoms with Crippen molar-refractivity contribution >= 4 is 16.8 Å². The lowest BCUT2D eigenvalue weighted by Crippen LogP contribution is -2.41. The van der Waals surface area contributed by atoms with E-state index in [0.29, 0.717) is 41.3 Å². The molecule has 1 atom stereocenters. The third-order valence-electron chi connectivity index (χ3n) is 5.53. The van der Waals surface area contributed by atoms with Gasteiger partial charge in [0.1, 0.15) is 11.6 Å². The molecule has 1 heterocycles. The van der Waals surface area contributed by atoms with Crippen LogP contribution in [0.3, 0.4) is 0 Å². The first-order valence-corrected chi connectivity index (χ1v) is 10.8. The summed E-state index contributed by atoms with van der Waals surface area (Å²) in [5, 5.41) is 0.505. The first-order valence-electron chi connectivity index (χ1n) is 10.8. The maximum atomic E-state index is 13.7. The first-order chi connectivity index (χ1) is 15.3. The van der Waals surface area contributed by atoms with E-state index in [1.54, 1.807) is 29.8 Å². The summed E-state index contributed by atoms with van der Waals surface area (Å²) in [4.78, 5) is 33.4. The molecule has 0 radical (unpaired) electrons. The van der Waals surface area contributed by atoms with Gasteiger partial charge in [-0.25, -0.2) is 4.98 Å². The van der Waals surface area contributed by atoms with E-state index in [4.69, 9.17) is 14.5 Å². The van der Waals surface area contributed by atoms with Crippen molar-refractivity contribution in [1.82, 2.24) is 14.5 Å². The van der Waals surface area contributed by atoms with Gasteiger partial charge < -0.3 is 14.4 Å². The normalized spacial score (nSPS) is 12.2. The molecule has 0 spiro atoms. The fourth-order valence-corrected chi connectivity index (χ4v) is 3.79. The van der Waals surface area contributed by atoms with Crippen LogP contribution in [0.15, 0.2) is 47.3 Å². The highest BCUT2D eigenvalue weighted by atomic mass is 16.5. The standard InChI is InChI=1S/C25H31N3O4/c1-16(2)24(29)27(13-14-31-5)18(4)23-26-20-10-8-7-9-19(20)25(30)28(23)21-15-17(3)11-12-22(21)32-6/h7-12,15-16,18H,13-14H2,1-6H3. The van der Waals surface area contributed by atoms with Crippen LogP contribution < -0.4 is 10.3 Å². The summed E-state index contributed by atoms with van der Waals surface area (Å²) in [6.45, 7) is 8.35. The number of fused-ring (bicyclic) bond motifs is 1. The van der Waals surface area contributed by atoms with Gasteiger partial charge in [0.25, 0.3) is 5.56 Å². The van der Waals surface area contributed by atoms with Crippen molar-refractivity contribution in [2.45, 2.75) is 33.7 Å². The molecule has 0 saturated carbocycles. The van der Waals surface area contributed by atoms with Crippen molar-refractivity contribution in [3.05, 3.63) is 64.2 Å². The molecule has 0 N–H and O–H groups in total. The number of para-hydroxylation sites is 1. The van der Waals surface area contributed by atoms with Crippen molar-refractivity contribution in [1.29, 1.82) is 0 Å². The monoisotopic (exact) mass is 437 g/mol. The molecule has 1 aromatic heterocycles. The van der Waals surface area contributed by atoms with E-state index in [1.165, 1.54) is 0 Å². The van der Waals surface area contributed by atoms with Crippen LogP contribution in [0.4, 0.5) is 0 Å². The molecular weight excluding hydrogens is 406 g/mol. The molecule has 1 unspecified atom stereocenters. The first kappa shape index (κ1) is 23.5. The lowest BCUT2D eigenvalue weighted by atomic mass is 10.1. The number of carbonyl (C=O) groups excluding carboxylic acids is 1. The third-order valence-corrected chi connectivity index (χ3v) is 5.53. The summed E-state index contributed by atoms with van der Waals surface area (Å²) in [6.07, 6.45) is 0. The highest BCUT2D eigenvalue weighted by Gasteiger charge is 2.28. The van der Waals surface area contributed by atoms with Gasteiger partial charge in [0.05, 0.1) is 36.3 Å². The Morgan fingerprint density at radius 1 is 1.12 bits per heavy atom. The van der Waals surface area contributed by atoms with Crippen LogP contribution in [-0.4, -0.2) is 47.7 Å². The molecule has 3 aromatic rings. The molecule has 0 fully saturated rings. The van der Waals surface area contributed by atoms with E-state index >= 15 is 0 Å². The number of ether oxygens (including phenoxy) is 2. The van der Waals surface area contributed by atoms with Crippen LogP contribution in [-0.2, 0) is 9.53 Å². The second kappa shape index (κ2) is 9.96. The molecule has 2 aromatic carbocycles. The van der Waals surface area contributed by atoms with Crippen molar-refractivity contribution in [3.8, 4) is 11.4 Å². The molecule has 0 aliphatic rings. The van der Waals surface area contributed by atoms with E-state index in [2.05, 4.69) is 0 Å². The summed E-state index contributed by atoms with van der Waals surface area (Å²) in [6, 6.07) is 12.4. The predicted octanol–water partition coefficient (Wildman–Crippen LogP) is 3.89. The van der Waals surface area contributed by atoms with E-state index in [1.807, 2.05) is 64.1 Å². The quantitative estimate of drug-likeness (QED) is 0.534. The van der Waals surface area contributed by atoms with Crippen LogP contribution in [0.2, 0.25) is 0 Å². The zero-order chi connectivity index (χ0) is 23.4. The number of hydrogen-bond acceptors (Lipinski definition) is 5. The average Bonchev–Trinajstić information content (AvgIpc) is 2.78. The molecule has 0 saturated heterocycles. The summed E-state index contributed by atoms with van der Waals surface area (Å²) in [5.74, 6) is 0.799. The number of nitrogens with zero attached hydrogens (tertiary/aromatic N) is 3. The van der Waals surface area contributed by atoms with E-state index < -0.39 is 6.04 Å². The summed E-state index contributed by atoms with van der Waals surface area (Å²) >= 11 is 0. The fraction of sp³-hybridized carbons (Fsp3) is 0.400. The summed E-state index contributed by atoms with van der Waals surface area (Å²) in [5.41, 5.74) is 1.96. The van der Waals surface area contributed by atoms with E-state index in [0.717, 1.165) is 5.56 Å². The van der Waals surface area contributed by atoms with Gasteiger partial charge in [0.15, 0.2) is 0 Å². The SMILES string of the molecule is COCCN(C(=O)C(C)C)C(C)c1nc2ccccc2c(=O)n1-c1cc(C)ccc1OC. The van der Waals surface area contributed by atoms with Gasteiger partial charge in [-0.1, -0.05) is 32.0 Å². The zero-order valence-corrected chi connectivity index (χ0v) is 19.6. The molecule has 0 aliphatic heterocycles. The largest absolute Gasteiger partial charge is 0.495 e. The van der Waals surface area contributed by atoms with Crippen molar-refractivity contribution in [3.63, 3.8) is 0 Å². The lowest BCUT2D eigenvalue weighted by molar-refractivity contribution is -0.137. The van der Waals surface area contributed by atoms with Gasteiger partial charge in [-0.05, 0) is 43.7 Å². The van der Waals surface area contributed by atoms with Crippen molar-refractivity contribution in [2.24, 2.45) is 5.92 Å². The Kier molecular flexibility index (Phi) is 7.30. The van der Waals surface area contributed by atoms with E-state index in [9.17, 15) is 9.59 Å². The van der Waals surface area contributed by atoms with Gasteiger partial charge in [-0.2, -0.15) is 0 Å². The number of aromatic nitrogens is 2. The van der Waals surface area contributed by atoms with Crippen molar-refractivity contribution < 1.29 is 14.3 Å². The Balaban J connectivity index is 2.32. The Morgan fingerprint density at radius 3 is 2.50 bits per heavy atom. The highest BCUT2D eigenvalue weighted by Crippen LogP contribution is 2.29. The van der Waals surface area contributed by atoms with Gasteiger partial charge >= 0.3 is 0 Å². The molecule has 170 valence electrons. The second-order valence-corrected chi connectivity index (χ2v) is 8.16. The smallest absolute Gasteiger partial charge is 0.266 e. The Labute approximate surface area is 188 Å². The summed E-state index contributed by atoms with van der Waals surface area (Å²) in [7, 11) is 3.18. The Morgan fingerprint density at radius 2 is 1.84 bits per heavy atom. The number of methoxy groups -OCH3 is 2. The minimum Gasteiger partial charge on any atom is -0.495 e. The number of rotatable bonds is 8. The van der Waals surface area contributed by atoms with Gasteiger partial charge in [0, 0.05) is 19.6 Å². The predicted molar refractivity (Wildman–Crippen MR) is 125 cm³/mol. The van der Waals surface area contributed by atoms with Gasteiger partial charge in [-0.3, -0.25) is 14.2 Å². The number of benzene rings is 2. The number of carbonyl (C=O) groups is 1. The highest BCUT2D eigenvalue weighted by molar-refractivity contribution is 5.80. The molecule has 0 bridgehead atoms. The van der Waals surface area contributed by atoms with Crippen LogP contribution in [0, 0.1) is 12.8 Å². The topological polar surface area (TPSA) is 73.7 Å². The van der Waals surface area contributed by atoms with Crippen LogP contribution in [0.1, 0.15) is 38.2 Å². The molecule has 1 amide bonds. The second-order valence-electron chi connectivity index (χ2n) is 8.16. The molecule has 7 nitrogen and oxygen atoms in total. The number of aryl methyl sites for hydroxylation is 1. The van der Waals surface area contributed by atoms with Gasteiger partial charge in [-0.15, -0.1) is 0 Å². The molecule has 0 aliphatic carbocycles. The maximum absolute atomic E-state index is 13.7. The average molecular weight is 438 g/mol. The molecule has 7 heteroatoms. The number of hydrogen-bond donors (Lipinski definition) is 0.